The van der Waals surface area contributed by atoms with E-state index in [-0.39, 0.29) is 0 Å². The third kappa shape index (κ3) is 5.70. The van der Waals surface area contributed by atoms with Gasteiger partial charge in [0, 0.05) is 13.1 Å². The van der Waals surface area contributed by atoms with E-state index in [0.29, 0.717) is 0 Å². The molecule has 0 aromatic heterocycles. The van der Waals surface area contributed by atoms with Crippen molar-refractivity contribution in [3.8, 4) is 0 Å². The molecule has 0 aromatic carbocycles. The van der Waals surface area contributed by atoms with Gasteiger partial charge in [0.2, 0.25) is 0 Å². The topological polar surface area (TPSA) is 12.0 Å². The first-order valence-electron chi connectivity index (χ1n) is 2.96. The molecule has 0 aromatic rings. The van der Waals surface area contributed by atoms with Crippen molar-refractivity contribution in [3.63, 3.8) is 0 Å². The Labute approximate surface area is 51.8 Å². The fourth-order valence-electron chi connectivity index (χ4n) is 0.391. The molecule has 0 spiro atoms. The molecule has 0 unspecified atom stereocenters. The molecule has 1 heteroatoms. The third-order valence-electron chi connectivity index (χ3n) is 0.752. The van der Waals surface area contributed by atoms with E-state index in [9.17, 15) is 0 Å². The maximum absolute atomic E-state index is 3.74. The Morgan fingerprint density at radius 3 is 2.75 bits per heavy atom. The Morgan fingerprint density at radius 1 is 1.75 bits per heavy atom. The van der Waals surface area contributed by atoms with E-state index in [0.717, 1.165) is 13.0 Å². The Hall–Kier alpha value is -0.300. The van der Waals surface area contributed by atoms with Gasteiger partial charge in [-0.25, -0.2) is 0 Å². The van der Waals surface area contributed by atoms with Gasteiger partial charge in [0.1, 0.15) is 0 Å². The molecule has 0 fully saturated rings. The second kappa shape index (κ2) is 4.85. The lowest BCUT2D eigenvalue weighted by molar-refractivity contribution is 0.813. The second-order valence-corrected chi connectivity index (χ2v) is 1.95. The van der Waals surface area contributed by atoms with Crippen LogP contribution in [0, 0.1) is 6.54 Å². The zero-order valence-corrected chi connectivity index (χ0v) is 5.70. The molecule has 0 rings (SSSR count). The van der Waals surface area contributed by atoms with Gasteiger partial charge in [0.25, 0.3) is 0 Å². The minimum Gasteiger partial charge on any atom is -0.309 e. The highest BCUT2D eigenvalue weighted by atomic mass is 14.8. The maximum Gasteiger partial charge on any atom is 0.0221 e. The molecule has 0 saturated carbocycles. The molecule has 47 valence electrons. The molecule has 1 nitrogen and oxygen atoms in total. The van der Waals surface area contributed by atoms with Crippen molar-refractivity contribution in [2.24, 2.45) is 0 Å². The van der Waals surface area contributed by atoms with Gasteiger partial charge in [-0.3, -0.25) is 0 Å². The molecule has 1 N–H and O–H groups in total. The smallest absolute Gasteiger partial charge is 0.0221 e. The summed E-state index contributed by atoms with van der Waals surface area (Å²) in [6.45, 7) is 10.8. The third-order valence-corrected chi connectivity index (χ3v) is 0.752. The molecular weight excluding hydrogens is 98.1 g/mol. The summed E-state index contributed by atoms with van der Waals surface area (Å²) in [6, 6.07) is 0. The molecule has 0 aliphatic rings. The summed E-state index contributed by atoms with van der Waals surface area (Å²) >= 11 is 0. The predicted octanol–water partition coefficient (Wildman–Crippen LogP) is 1.72. The van der Waals surface area contributed by atoms with Crippen LogP contribution in [0.15, 0.2) is 12.2 Å². The summed E-state index contributed by atoms with van der Waals surface area (Å²) in [7, 11) is 0. The molecule has 0 heterocycles. The Bertz CT molecular complexity index is 66.8. The lowest BCUT2D eigenvalue weighted by Gasteiger charge is -1.98. The predicted molar refractivity (Wildman–Crippen MR) is 37.4 cm³/mol. The summed E-state index contributed by atoms with van der Waals surface area (Å²) in [5.41, 5.74) is 1.18. The Balaban J connectivity index is 2.82. The van der Waals surface area contributed by atoms with Crippen LogP contribution in [0.5, 0.6) is 0 Å². The molecule has 0 aliphatic carbocycles. The van der Waals surface area contributed by atoms with Crippen molar-refractivity contribution in [2.75, 3.05) is 6.54 Å². The second-order valence-electron chi connectivity index (χ2n) is 1.95. The SMILES string of the molecule is C=C(C)CN[CH]CC. The van der Waals surface area contributed by atoms with Gasteiger partial charge in [-0.15, -0.1) is 0 Å². The zero-order chi connectivity index (χ0) is 6.41. The Morgan fingerprint density at radius 2 is 2.38 bits per heavy atom. The van der Waals surface area contributed by atoms with Crippen molar-refractivity contribution in [3.05, 3.63) is 18.7 Å². The first-order valence-corrected chi connectivity index (χ1v) is 2.96. The van der Waals surface area contributed by atoms with Crippen LogP contribution in [0.1, 0.15) is 20.3 Å². The average molecular weight is 112 g/mol. The van der Waals surface area contributed by atoms with Crippen LogP contribution in [-0.2, 0) is 0 Å². The first kappa shape index (κ1) is 7.70. The van der Waals surface area contributed by atoms with Gasteiger partial charge < -0.3 is 5.32 Å². The molecule has 8 heavy (non-hydrogen) atoms. The van der Waals surface area contributed by atoms with Crippen LogP contribution >= 0.6 is 0 Å². The van der Waals surface area contributed by atoms with Gasteiger partial charge in [-0.2, -0.15) is 0 Å². The summed E-state index contributed by atoms with van der Waals surface area (Å²) in [5, 5.41) is 3.11. The highest BCUT2D eigenvalue weighted by molar-refractivity contribution is 4.91. The molecular formula is C7H14N. The van der Waals surface area contributed by atoms with E-state index >= 15 is 0 Å². The minimum atomic E-state index is 0.911. The van der Waals surface area contributed by atoms with Gasteiger partial charge >= 0.3 is 0 Å². The number of hydrogen-bond donors (Lipinski definition) is 1. The number of hydrogen-bond acceptors (Lipinski definition) is 1. The summed E-state index contributed by atoms with van der Waals surface area (Å²) in [5.74, 6) is 0. The minimum absolute atomic E-state index is 0.911. The fraction of sp³-hybridized carbons (Fsp3) is 0.571. The quantitative estimate of drug-likeness (QED) is 0.431. The van der Waals surface area contributed by atoms with E-state index in [1.807, 2.05) is 13.5 Å². The monoisotopic (exact) mass is 112 g/mol. The zero-order valence-electron chi connectivity index (χ0n) is 5.70. The van der Waals surface area contributed by atoms with Gasteiger partial charge in [-0.05, 0) is 13.3 Å². The fourth-order valence-corrected chi connectivity index (χ4v) is 0.391. The summed E-state index contributed by atoms with van der Waals surface area (Å²) < 4.78 is 0. The van der Waals surface area contributed by atoms with Gasteiger partial charge in [0.05, 0.1) is 0 Å². The lowest BCUT2D eigenvalue weighted by Crippen LogP contribution is -2.11. The average Bonchev–Trinajstić information content (AvgIpc) is 1.66. The molecule has 0 atom stereocenters. The van der Waals surface area contributed by atoms with E-state index in [1.165, 1.54) is 5.57 Å². The molecule has 0 saturated heterocycles. The van der Waals surface area contributed by atoms with E-state index in [1.54, 1.807) is 0 Å². The summed E-state index contributed by atoms with van der Waals surface area (Å²) in [4.78, 5) is 0. The molecule has 0 aliphatic heterocycles. The normalized spacial score (nSPS) is 9.25. The number of rotatable bonds is 4. The van der Waals surface area contributed by atoms with Crippen LogP contribution in [0.2, 0.25) is 0 Å². The Kier molecular flexibility index (Phi) is 4.67. The number of nitrogens with one attached hydrogen (secondary N) is 1. The van der Waals surface area contributed by atoms with E-state index in [4.69, 9.17) is 0 Å². The van der Waals surface area contributed by atoms with Crippen molar-refractivity contribution < 1.29 is 0 Å². The van der Waals surface area contributed by atoms with Crippen LogP contribution in [0.4, 0.5) is 0 Å². The van der Waals surface area contributed by atoms with E-state index < -0.39 is 0 Å². The summed E-state index contributed by atoms with van der Waals surface area (Å²) in [6.07, 6.45) is 1.08. The van der Waals surface area contributed by atoms with Crippen molar-refractivity contribution in [1.29, 1.82) is 0 Å². The van der Waals surface area contributed by atoms with E-state index in [2.05, 4.69) is 18.8 Å². The maximum atomic E-state index is 3.74. The van der Waals surface area contributed by atoms with Crippen LogP contribution in [-0.4, -0.2) is 6.54 Å². The molecule has 1 radical (unpaired) electrons. The largest absolute Gasteiger partial charge is 0.309 e. The van der Waals surface area contributed by atoms with Crippen LogP contribution in [0.3, 0.4) is 0 Å². The van der Waals surface area contributed by atoms with Gasteiger partial charge in [-0.1, -0.05) is 19.1 Å². The first-order chi connectivity index (χ1) is 3.77. The lowest BCUT2D eigenvalue weighted by atomic mass is 10.3. The standard InChI is InChI=1S/C7H14N/c1-4-5-8-6-7(2)3/h5,8H,2,4,6H2,1,3H3. The van der Waals surface area contributed by atoms with Crippen LogP contribution in [0.25, 0.3) is 0 Å². The van der Waals surface area contributed by atoms with Crippen molar-refractivity contribution in [1.82, 2.24) is 5.32 Å². The molecule has 0 amide bonds. The van der Waals surface area contributed by atoms with Crippen molar-refractivity contribution >= 4 is 0 Å². The highest BCUT2D eigenvalue weighted by Crippen LogP contribution is 1.83. The molecule has 0 bridgehead atoms. The highest BCUT2D eigenvalue weighted by Gasteiger charge is 1.82. The van der Waals surface area contributed by atoms with Gasteiger partial charge in [0.15, 0.2) is 0 Å². The van der Waals surface area contributed by atoms with Crippen molar-refractivity contribution in [2.45, 2.75) is 20.3 Å². The van der Waals surface area contributed by atoms with Crippen LogP contribution < -0.4 is 5.32 Å².